The van der Waals surface area contributed by atoms with E-state index in [1.807, 2.05) is 0 Å². The van der Waals surface area contributed by atoms with Crippen LogP contribution in [0.5, 0.6) is 0 Å². The van der Waals surface area contributed by atoms with Crippen molar-refractivity contribution >= 4 is 0 Å². The van der Waals surface area contributed by atoms with Gasteiger partial charge in [-0.2, -0.15) is 0 Å². The number of rotatable bonds is 6. The number of hydrogen-bond donors (Lipinski definition) is 1. The molecule has 0 saturated heterocycles. The summed E-state index contributed by atoms with van der Waals surface area (Å²) in [6.45, 7) is 6.84. The van der Waals surface area contributed by atoms with Gasteiger partial charge in [-0.05, 0) is 56.9 Å². The second-order valence-corrected chi connectivity index (χ2v) is 5.84. The van der Waals surface area contributed by atoms with Gasteiger partial charge in [-0.1, -0.05) is 13.8 Å². The topological polar surface area (TPSA) is 21.3 Å². The quantitative estimate of drug-likeness (QED) is 0.702. The zero-order chi connectivity index (χ0) is 11.4. The molecule has 0 radical (unpaired) electrons. The Morgan fingerprint density at radius 1 is 1.06 bits per heavy atom. The lowest BCUT2D eigenvalue weighted by Crippen LogP contribution is -2.27. The molecule has 0 aliphatic heterocycles. The molecule has 0 aromatic heterocycles. The maximum absolute atomic E-state index is 5.96. The lowest BCUT2D eigenvalue weighted by Gasteiger charge is -2.32. The summed E-state index contributed by atoms with van der Waals surface area (Å²) in [6.07, 6.45) is 8.41. The van der Waals surface area contributed by atoms with Crippen molar-refractivity contribution in [3.05, 3.63) is 0 Å². The first-order valence-corrected chi connectivity index (χ1v) is 7.10. The fourth-order valence-corrected chi connectivity index (χ4v) is 2.57. The van der Waals surface area contributed by atoms with Crippen molar-refractivity contribution in [2.24, 2.45) is 11.8 Å². The summed E-state index contributed by atoms with van der Waals surface area (Å²) in [6, 6.07) is 0.843. The molecule has 0 heterocycles. The second kappa shape index (κ2) is 6.02. The van der Waals surface area contributed by atoms with E-state index in [-0.39, 0.29) is 0 Å². The molecule has 1 N–H and O–H groups in total. The van der Waals surface area contributed by atoms with Crippen molar-refractivity contribution in [1.29, 1.82) is 0 Å². The summed E-state index contributed by atoms with van der Waals surface area (Å²) in [5.41, 5.74) is 0. The Morgan fingerprint density at radius 3 is 2.56 bits per heavy atom. The number of ether oxygens (including phenoxy) is 1. The van der Waals surface area contributed by atoms with E-state index < -0.39 is 0 Å². The maximum atomic E-state index is 5.96. The second-order valence-electron chi connectivity index (χ2n) is 5.84. The highest BCUT2D eigenvalue weighted by molar-refractivity contribution is 4.80. The predicted octanol–water partition coefficient (Wildman–Crippen LogP) is 2.97. The minimum atomic E-state index is 0.548. The molecule has 2 heteroatoms. The third-order valence-electron chi connectivity index (χ3n) is 4.24. The Kier molecular flexibility index (Phi) is 4.66. The van der Waals surface area contributed by atoms with Crippen molar-refractivity contribution in [2.45, 2.75) is 64.5 Å². The minimum Gasteiger partial charge on any atom is -0.378 e. The van der Waals surface area contributed by atoms with Gasteiger partial charge >= 0.3 is 0 Å². The highest BCUT2D eigenvalue weighted by atomic mass is 16.5. The lowest BCUT2D eigenvalue weighted by molar-refractivity contribution is 0.00180. The van der Waals surface area contributed by atoms with Gasteiger partial charge < -0.3 is 10.1 Å². The molecule has 2 rings (SSSR count). The van der Waals surface area contributed by atoms with E-state index in [1.54, 1.807) is 0 Å². The number of nitrogens with one attached hydrogen (secondary N) is 1. The Labute approximate surface area is 100 Å². The van der Waals surface area contributed by atoms with E-state index in [1.165, 1.54) is 38.5 Å². The van der Waals surface area contributed by atoms with Gasteiger partial charge in [0, 0.05) is 12.6 Å². The molecule has 2 aliphatic rings. The molecule has 94 valence electrons. The summed E-state index contributed by atoms with van der Waals surface area (Å²) < 4.78 is 5.96. The van der Waals surface area contributed by atoms with E-state index >= 15 is 0 Å². The maximum Gasteiger partial charge on any atom is 0.0577 e. The minimum absolute atomic E-state index is 0.548. The highest BCUT2D eigenvalue weighted by Gasteiger charge is 2.24. The summed E-state index contributed by atoms with van der Waals surface area (Å²) in [5.74, 6) is 1.75. The molecule has 0 amide bonds. The Morgan fingerprint density at radius 2 is 1.88 bits per heavy atom. The van der Waals surface area contributed by atoms with Crippen LogP contribution in [0.4, 0.5) is 0 Å². The predicted molar refractivity (Wildman–Crippen MR) is 67.6 cm³/mol. The molecule has 2 nitrogen and oxygen atoms in total. The molecule has 2 aliphatic carbocycles. The van der Waals surface area contributed by atoms with Gasteiger partial charge in [0.25, 0.3) is 0 Å². The van der Waals surface area contributed by atoms with Crippen LogP contribution in [-0.4, -0.2) is 25.3 Å². The van der Waals surface area contributed by atoms with Crippen LogP contribution in [0.3, 0.4) is 0 Å². The molecule has 3 atom stereocenters. The molecule has 2 fully saturated rings. The van der Waals surface area contributed by atoms with E-state index in [0.717, 1.165) is 31.0 Å². The molecule has 16 heavy (non-hydrogen) atoms. The van der Waals surface area contributed by atoms with E-state index in [4.69, 9.17) is 4.74 Å². The van der Waals surface area contributed by atoms with Crippen molar-refractivity contribution in [3.63, 3.8) is 0 Å². The van der Waals surface area contributed by atoms with Crippen LogP contribution in [0.15, 0.2) is 0 Å². The van der Waals surface area contributed by atoms with E-state index in [2.05, 4.69) is 19.2 Å². The zero-order valence-corrected chi connectivity index (χ0v) is 10.9. The van der Waals surface area contributed by atoms with Crippen LogP contribution >= 0.6 is 0 Å². The Bertz CT molecular complexity index is 203. The first kappa shape index (κ1) is 12.4. The first-order chi connectivity index (χ1) is 7.75. The third-order valence-corrected chi connectivity index (χ3v) is 4.24. The summed E-state index contributed by atoms with van der Waals surface area (Å²) in [5, 5.41) is 3.53. The molecule has 3 unspecified atom stereocenters. The summed E-state index contributed by atoms with van der Waals surface area (Å²) in [7, 11) is 0. The van der Waals surface area contributed by atoms with E-state index in [0.29, 0.717) is 6.10 Å². The standard InChI is InChI=1S/C14H27NO/c1-11-4-7-14(10-12(11)2)16-9-3-8-15-13-5-6-13/h11-15H,3-10H2,1-2H3. The highest BCUT2D eigenvalue weighted by Crippen LogP contribution is 2.30. The van der Waals surface area contributed by atoms with Crippen LogP contribution < -0.4 is 5.32 Å². The van der Waals surface area contributed by atoms with Crippen LogP contribution in [0.2, 0.25) is 0 Å². The molecule has 0 spiro atoms. The van der Waals surface area contributed by atoms with Crippen molar-refractivity contribution in [1.82, 2.24) is 5.32 Å². The van der Waals surface area contributed by atoms with Crippen molar-refractivity contribution in [3.8, 4) is 0 Å². The monoisotopic (exact) mass is 225 g/mol. The van der Waals surface area contributed by atoms with E-state index in [9.17, 15) is 0 Å². The largest absolute Gasteiger partial charge is 0.378 e. The smallest absolute Gasteiger partial charge is 0.0577 e. The van der Waals surface area contributed by atoms with Crippen LogP contribution in [0.1, 0.15) is 52.4 Å². The van der Waals surface area contributed by atoms with Crippen LogP contribution in [0.25, 0.3) is 0 Å². The Balaban J connectivity index is 1.48. The van der Waals surface area contributed by atoms with Crippen LogP contribution in [-0.2, 0) is 4.74 Å². The van der Waals surface area contributed by atoms with Gasteiger partial charge in [0.1, 0.15) is 0 Å². The molecular weight excluding hydrogens is 198 g/mol. The fraction of sp³-hybridized carbons (Fsp3) is 1.00. The SMILES string of the molecule is CC1CCC(OCCCNC2CC2)CC1C. The normalized spacial score (nSPS) is 35.2. The van der Waals surface area contributed by atoms with Gasteiger partial charge in [-0.3, -0.25) is 0 Å². The number of hydrogen-bond acceptors (Lipinski definition) is 2. The van der Waals surface area contributed by atoms with Gasteiger partial charge in [-0.15, -0.1) is 0 Å². The summed E-state index contributed by atoms with van der Waals surface area (Å²) >= 11 is 0. The average Bonchev–Trinajstić information content (AvgIpc) is 3.07. The van der Waals surface area contributed by atoms with Gasteiger partial charge in [0.2, 0.25) is 0 Å². The molecule has 0 aromatic rings. The molecule has 0 bridgehead atoms. The fourth-order valence-electron chi connectivity index (χ4n) is 2.57. The van der Waals surface area contributed by atoms with Crippen LogP contribution in [0, 0.1) is 11.8 Å². The van der Waals surface area contributed by atoms with Crippen molar-refractivity contribution in [2.75, 3.05) is 13.2 Å². The summed E-state index contributed by atoms with van der Waals surface area (Å²) in [4.78, 5) is 0. The Hall–Kier alpha value is -0.0800. The zero-order valence-electron chi connectivity index (χ0n) is 10.9. The van der Waals surface area contributed by atoms with Gasteiger partial charge in [0.15, 0.2) is 0 Å². The molecule has 0 aromatic carbocycles. The lowest BCUT2D eigenvalue weighted by atomic mass is 9.80. The van der Waals surface area contributed by atoms with Gasteiger partial charge in [-0.25, -0.2) is 0 Å². The molecular formula is C14H27NO. The first-order valence-electron chi connectivity index (χ1n) is 7.10. The van der Waals surface area contributed by atoms with Gasteiger partial charge in [0.05, 0.1) is 6.10 Å². The average molecular weight is 225 g/mol. The molecule has 2 saturated carbocycles. The third kappa shape index (κ3) is 4.06. The van der Waals surface area contributed by atoms with Crippen molar-refractivity contribution < 1.29 is 4.74 Å².